The lowest BCUT2D eigenvalue weighted by molar-refractivity contribution is -0.130. The standard InChI is InChI=1S/C20H32N2O2S/c1-19(2,3)12-16(23)21-18-17(15-6-5-11-25-15)22(13-14-7-8-14)10-9-20(18,4)24/h5-6,11,14,17-18,24H,7-10,12-13H2,1-4H3,(H,21,23)/t17-,18-,20+/m0/s1. The van der Waals surface area contributed by atoms with Gasteiger partial charge in [0.25, 0.3) is 0 Å². The molecule has 1 aromatic heterocycles. The predicted molar refractivity (Wildman–Crippen MR) is 103 cm³/mol. The van der Waals surface area contributed by atoms with Crippen LogP contribution in [0, 0.1) is 11.3 Å². The van der Waals surface area contributed by atoms with Gasteiger partial charge >= 0.3 is 0 Å². The number of rotatable bonds is 5. The predicted octanol–water partition coefficient (Wildman–Crippen LogP) is 3.58. The summed E-state index contributed by atoms with van der Waals surface area (Å²) in [6.45, 7) is 10.1. The normalized spacial score (nSPS) is 31.1. The van der Waals surface area contributed by atoms with Gasteiger partial charge in [-0.15, -0.1) is 11.3 Å². The first-order chi connectivity index (χ1) is 11.7. The van der Waals surface area contributed by atoms with Gasteiger partial charge in [-0.1, -0.05) is 26.8 Å². The summed E-state index contributed by atoms with van der Waals surface area (Å²) in [5, 5.41) is 16.4. The first-order valence-corrected chi connectivity index (χ1v) is 10.3. The van der Waals surface area contributed by atoms with Gasteiger partial charge in [-0.3, -0.25) is 9.69 Å². The summed E-state index contributed by atoms with van der Waals surface area (Å²) in [6.07, 6.45) is 3.79. The molecule has 2 aliphatic rings. The number of carbonyl (C=O) groups excluding carboxylic acids is 1. The lowest BCUT2D eigenvalue weighted by atomic mass is 9.81. The van der Waals surface area contributed by atoms with Gasteiger partial charge < -0.3 is 10.4 Å². The molecule has 5 heteroatoms. The molecule has 2 fully saturated rings. The Bertz CT molecular complexity index is 587. The second-order valence-electron chi connectivity index (χ2n) is 9.29. The zero-order chi connectivity index (χ0) is 18.2. The lowest BCUT2D eigenvalue weighted by Gasteiger charge is -2.49. The molecule has 140 valence electrons. The van der Waals surface area contributed by atoms with E-state index in [1.165, 1.54) is 17.7 Å². The van der Waals surface area contributed by atoms with Crippen LogP contribution in [0.4, 0.5) is 0 Å². The summed E-state index contributed by atoms with van der Waals surface area (Å²) in [7, 11) is 0. The van der Waals surface area contributed by atoms with Crippen LogP contribution in [0.2, 0.25) is 0 Å². The fourth-order valence-electron chi connectivity index (χ4n) is 3.80. The first kappa shape index (κ1) is 18.9. The van der Waals surface area contributed by atoms with E-state index in [1.54, 1.807) is 11.3 Å². The van der Waals surface area contributed by atoms with Crippen molar-refractivity contribution in [2.75, 3.05) is 13.1 Å². The van der Waals surface area contributed by atoms with Gasteiger partial charge in [0.05, 0.1) is 17.7 Å². The summed E-state index contributed by atoms with van der Waals surface area (Å²) < 4.78 is 0. The number of thiophene rings is 1. The molecule has 0 spiro atoms. The maximum Gasteiger partial charge on any atom is 0.220 e. The molecule has 1 aliphatic heterocycles. The number of likely N-dealkylation sites (tertiary alicyclic amines) is 1. The van der Waals surface area contributed by atoms with E-state index in [1.807, 2.05) is 6.92 Å². The molecule has 4 nitrogen and oxygen atoms in total. The fraction of sp³-hybridized carbons (Fsp3) is 0.750. The van der Waals surface area contributed by atoms with Gasteiger partial charge in [-0.05, 0) is 49.0 Å². The van der Waals surface area contributed by atoms with Crippen LogP contribution in [0.1, 0.15) is 64.3 Å². The topological polar surface area (TPSA) is 52.6 Å². The van der Waals surface area contributed by atoms with Gasteiger partial charge in [0.1, 0.15) is 0 Å². The number of piperidine rings is 1. The van der Waals surface area contributed by atoms with Crippen LogP contribution >= 0.6 is 11.3 Å². The molecule has 3 rings (SSSR count). The highest BCUT2D eigenvalue weighted by atomic mass is 32.1. The van der Waals surface area contributed by atoms with Crippen LogP contribution in [-0.4, -0.2) is 40.6 Å². The van der Waals surface area contributed by atoms with E-state index >= 15 is 0 Å². The fourth-order valence-corrected chi connectivity index (χ4v) is 4.69. The Balaban J connectivity index is 1.84. The molecule has 3 atom stereocenters. The highest BCUT2D eigenvalue weighted by Crippen LogP contribution is 2.41. The Morgan fingerprint density at radius 3 is 2.72 bits per heavy atom. The molecular formula is C20H32N2O2S. The minimum atomic E-state index is -0.887. The molecule has 25 heavy (non-hydrogen) atoms. The average Bonchev–Trinajstić information content (AvgIpc) is 3.12. The zero-order valence-electron chi connectivity index (χ0n) is 15.9. The second-order valence-corrected chi connectivity index (χ2v) is 10.3. The van der Waals surface area contributed by atoms with Gasteiger partial charge in [0.2, 0.25) is 5.91 Å². The van der Waals surface area contributed by atoms with Gasteiger partial charge in [0.15, 0.2) is 0 Å². The summed E-state index contributed by atoms with van der Waals surface area (Å²) in [5.74, 6) is 0.823. The monoisotopic (exact) mass is 364 g/mol. The summed E-state index contributed by atoms with van der Waals surface area (Å²) >= 11 is 1.72. The van der Waals surface area contributed by atoms with Crippen molar-refractivity contribution in [2.45, 2.75) is 71.1 Å². The number of aliphatic hydroxyl groups is 1. The van der Waals surface area contributed by atoms with E-state index in [2.05, 4.69) is 48.5 Å². The van der Waals surface area contributed by atoms with Crippen LogP contribution in [0.25, 0.3) is 0 Å². The Kier molecular flexibility index (Phi) is 5.29. The van der Waals surface area contributed by atoms with Crippen LogP contribution < -0.4 is 5.32 Å². The molecule has 0 radical (unpaired) electrons. The number of carbonyl (C=O) groups is 1. The molecular weight excluding hydrogens is 332 g/mol. The molecule has 2 heterocycles. The second kappa shape index (κ2) is 7.01. The van der Waals surface area contributed by atoms with E-state index in [0.29, 0.717) is 12.8 Å². The van der Waals surface area contributed by atoms with Gasteiger partial charge in [0, 0.05) is 24.4 Å². The molecule has 0 aromatic carbocycles. The van der Waals surface area contributed by atoms with Crippen molar-refractivity contribution in [1.29, 1.82) is 0 Å². The van der Waals surface area contributed by atoms with Crippen molar-refractivity contribution < 1.29 is 9.90 Å². The summed E-state index contributed by atoms with van der Waals surface area (Å²) in [5.41, 5.74) is -0.945. The van der Waals surface area contributed by atoms with Gasteiger partial charge in [-0.2, -0.15) is 0 Å². The van der Waals surface area contributed by atoms with Crippen molar-refractivity contribution in [3.05, 3.63) is 22.4 Å². The Labute approximate surface area is 155 Å². The average molecular weight is 365 g/mol. The molecule has 0 unspecified atom stereocenters. The molecule has 1 aliphatic carbocycles. The van der Waals surface area contributed by atoms with Crippen LogP contribution in [-0.2, 0) is 4.79 Å². The van der Waals surface area contributed by atoms with Crippen LogP contribution in [0.15, 0.2) is 17.5 Å². The molecule has 2 N–H and O–H groups in total. The Morgan fingerprint density at radius 2 is 2.16 bits per heavy atom. The minimum absolute atomic E-state index is 0.0348. The molecule has 1 saturated heterocycles. The third-order valence-electron chi connectivity index (χ3n) is 5.32. The van der Waals surface area contributed by atoms with Crippen molar-refractivity contribution in [3.63, 3.8) is 0 Å². The number of nitrogens with one attached hydrogen (secondary N) is 1. The van der Waals surface area contributed by atoms with Crippen molar-refractivity contribution in [2.24, 2.45) is 11.3 Å². The van der Waals surface area contributed by atoms with Crippen LogP contribution in [0.3, 0.4) is 0 Å². The van der Waals surface area contributed by atoms with Crippen molar-refractivity contribution in [3.8, 4) is 0 Å². The SMILES string of the molecule is CC(C)(C)CC(=O)N[C@H]1[C@H](c2cccs2)N(CC2CC2)CC[C@@]1(C)O. The lowest BCUT2D eigenvalue weighted by Crippen LogP contribution is -2.62. The van der Waals surface area contributed by atoms with Crippen molar-refractivity contribution >= 4 is 17.2 Å². The van der Waals surface area contributed by atoms with E-state index in [9.17, 15) is 9.90 Å². The van der Waals surface area contributed by atoms with Crippen LogP contribution in [0.5, 0.6) is 0 Å². The highest BCUT2D eigenvalue weighted by Gasteiger charge is 2.47. The smallest absolute Gasteiger partial charge is 0.220 e. The maximum absolute atomic E-state index is 12.6. The first-order valence-electron chi connectivity index (χ1n) is 9.45. The summed E-state index contributed by atoms with van der Waals surface area (Å²) in [4.78, 5) is 16.4. The van der Waals surface area contributed by atoms with E-state index < -0.39 is 5.60 Å². The van der Waals surface area contributed by atoms with E-state index in [4.69, 9.17) is 0 Å². The number of nitrogens with zero attached hydrogens (tertiary/aromatic N) is 1. The third-order valence-corrected chi connectivity index (χ3v) is 6.26. The quantitative estimate of drug-likeness (QED) is 0.840. The third kappa shape index (κ3) is 4.83. The molecule has 1 aromatic rings. The minimum Gasteiger partial charge on any atom is -0.388 e. The molecule has 1 amide bonds. The van der Waals surface area contributed by atoms with E-state index in [0.717, 1.165) is 19.0 Å². The Hall–Kier alpha value is -0.910. The number of hydrogen-bond acceptors (Lipinski definition) is 4. The maximum atomic E-state index is 12.6. The largest absolute Gasteiger partial charge is 0.388 e. The number of amides is 1. The van der Waals surface area contributed by atoms with E-state index in [-0.39, 0.29) is 23.4 Å². The van der Waals surface area contributed by atoms with Crippen molar-refractivity contribution in [1.82, 2.24) is 10.2 Å². The molecule has 0 bridgehead atoms. The zero-order valence-corrected chi connectivity index (χ0v) is 16.7. The highest BCUT2D eigenvalue weighted by molar-refractivity contribution is 7.10. The van der Waals surface area contributed by atoms with Gasteiger partial charge in [-0.25, -0.2) is 0 Å². The number of hydrogen-bond donors (Lipinski definition) is 2. The molecule has 1 saturated carbocycles. The Morgan fingerprint density at radius 1 is 1.44 bits per heavy atom. The summed E-state index contributed by atoms with van der Waals surface area (Å²) in [6, 6.07) is 3.99.